The van der Waals surface area contributed by atoms with Gasteiger partial charge in [0.05, 0.1) is 6.54 Å². The van der Waals surface area contributed by atoms with Gasteiger partial charge in [-0.3, -0.25) is 9.59 Å². The number of likely N-dealkylation sites (N-methyl/N-ethyl adjacent to an activating group) is 1. The normalized spacial score (nSPS) is 9.88. The van der Waals surface area contributed by atoms with E-state index in [4.69, 9.17) is 0 Å². The standard InChI is InChI=1S/C8H14N6O2/c1-3-4-9-6(15)5-14(2)8(16)7-10-12-13-11-7/h3-5H2,1-2H3,(H,9,15)(H,10,11,12,13). The third-order valence-electron chi connectivity index (χ3n) is 1.84. The minimum atomic E-state index is -0.444. The minimum absolute atomic E-state index is 0.0205. The Morgan fingerprint density at radius 1 is 1.50 bits per heavy atom. The lowest BCUT2D eigenvalue weighted by molar-refractivity contribution is -0.121. The highest BCUT2D eigenvalue weighted by molar-refractivity contribution is 5.92. The number of carbonyl (C=O) groups is 2. The van der Waals surface area contributed by atoms with Gasteiger partial charge in [0.15, 0.2) is 0 Å². The van der Waals surface area contributed by atoms with E-state index in [-0.39, 0.29) is 18.3 Å². The Hall–Kier alpha value is -1.99. The van der Waals surface area contributed by atoms with Crippen LogP contribution in [0.15, 0.2) is 0 Å². The first-order chi connectivity index (χ1) is 7.65. The molecule has 1 heterocycles. The topological polar surface area (TPSA) is 104 Å². The fourth-order valence-corrected chi connectivity index (χ4v) is 1.03. The average Bonchev–Trinajstić information content (AvgIpc) is 2.78. The second kappa shape index (κ2) is 5.79. The number of carbonyl (C=O) groups excluding carboxylic acids is 2. The molecular weight excluding hydrogens is 212 g/mol. The third-order valence-corrected chi connectivity index (χ3v) is 1.84. The van der Waals surface area contributed by atoms with E-state index in [0.717, 1.165) is 6.42 Å². The molecule has 88 valence electrons. The van der Waals surface area contributed by atoms with Crippen LogP contribution in [0.4, 0.5) is 0 Å². The van der Waals surface area contributed by atoms with Crippen molar-refractivity contribution in [2.75, 3.05) is 20.1 Å². The lowest BCUT2D eigenvalue weighted by Gasteiger charge is -2.14. The quantitative estimate of drug-likeness (QED) is 0.656. The van der Waals surface area contributed by atoms with Crippen LogP contribution in [0.25, 0.3) is 0 Å². The molecule has 0 saturated carbocycles. The van der Waals surface area contributed by atoms with Gasteiger partial charge in [-0.15, -0.1) is 10.2 Å². The van der Waals surface area contributed by atoms with Crippen molar-refractivity contribution in [1.82, 2.24) is 30.8 Å². The van der Waals surface area contributed by atoms with Gasteiger partial charge < -0.3 is 10.2 Å². The molecule has 1 aromatic rings. The summed E-state index contributed by atoms with van der Waals surface area (Å²) in [6.07, 6.45) is 0.855. The molecule has 1 rings (SSSR count). The van der Waals surface area contributed by atoms with Crippen molar-refractivity contribution in [3.63, 3.8) is 0 Å². The third kappa shape index (κ3) is 3.30. The van der Waals surface area contributed by atoms with E-state index in [2.05, 4.69) is 25.9 Å². The van der Waals surface area contributed by atoms with E-state index in [9.17, 15) is 9.59 Å². The molecule has 0 aromatic carbocycles. The van der Waals surface area contributed by atoms with E-state index in [1.165, 1.54) is 11.9 Å². The molecule has 8 heteroatoms. The van der Waals surface area contributed by atoms with Crippen LogP contribution in [0, 0.1) is 0 Å². The Balaban J connectivity index is 2.43. The average molecular weight is 226 g/mol. The highest BCUT2D eigenvalue weighted by Crippen LogP contribution is 1.93. The molecule has 0 aliphatic rings. The molecule has 8 nitrogen and oxygen atoms in total. The summed E-state index contributed by atoms with van der Waals surface area (Å²) in [5, 5.41) is 15.2. The summed E-state index contributed by atoms with van der Waals surface area (Å²) in [5.74, 6) is -0.701. The van der Waals surface area contributed by atoms with E-state index in [1.54, 1.807) is 0 Å². The first kappa shape index (κ1) is 12.1. The van der Waals surface area contributed by atoms with Crippen LogP contribution in [0.2, 0.25) is 0 Å². The molecule has 0 atom stereocenters. The monoisotopic (exact) mass is 226 g/mol. The maximum absolute atomic E-state index is 11.6. The number of nitrogens with zero attached hydrogens (tertiary/aromatic N) is 4. The number of tetrazole rings is 1. The molecule has 0 aliphatic carbocycles. The molecule has 2 amide bonds. The van der Waals surface area contributed by atoms with Crippen LogP contribution in [-0.4, -0.2) is 57.5 Å². The summed E-state index contributed by atoms with van der Waals surface area (Å²) in [6.45, 7) is 2.53. The Bertz CT molecular complexity index is 349. The summed E-state index contributed by atoms with van der Waals surface area (Å²) in [5.41, 5.74) is 0. The van der Waals surface area contributed by atoms with Gasteiger partial charge in [-0.2, -0.15) is 5.21 Å². The van der Waals surface area contributed by atoms with Gasteiger partial charge in [-0.25, -0.2) is 0 Å². The first-order valence-corrected chi connectivity index (χ1v) is 4.90. The molecule has 0 bridgehead atoms. The number of H-pyrrole nitrogens is 1. The summed E-state index contributed by atoms with van der Waals surface area (Å²) >= 11 is 0. The van der Waals surface area contributed by atoms with Crippen molar-refractivity contribution >= 4 is 11.8 Å². The largest absolute Gasteiger partial charge is 0.355 e. The Morgan fingerprint density at radius 3 is 2.81 bits per heavy atom. The van der Waals surface area contributed by atoms with Crippen molar-refractivity contribution in [3.8, 4) is 0 Å². The van der Waals surface area contributed by atoms with Gasteiger partial charge in [0.25, 0.3) is 11.7 Å². The maximum Gasteiger partial charge on any atom is 0.295 e. The first-order valence-electron chi connectivity index (χ1n) is 4.90. The molecule has 0 radical (unpaired) electrons. The molecule has 0 spiro atoms. The highest BCUT2D eigenvalue weighted by atomic mass is 16.2. The number of nitrogens with one attached hydrogen (secondary N) is 2. The van der Waals surface area contributed by atoms with Gasteiger partial charge in [0.2, 0.25) is 5.91 Å². The summed E-state index contributed by atoms with van der Waals surface area (Å²) < 4.78 is 0. The number of rotatable bonds is 5. The van der Waals surface area contributed by atoms with Crippen LogP contribution in [0.3, 0.4) is 0 Å². The zero-order chi connectivity index (χ0) is 12.0. The van der Waals surface area contributed by atoms with Gasteiger partial charge in [0, 0.05) is 13.6 Å². The van der Waals surface area contributed by atoms with Gasteiger partial charge in [0.1, 0.15) is 0 Å². The van der Waals surface area contributed by atoms with Crippen molar-refractivity contribution in [2.45, 2.75) is 13.3 Å². The second-order valence-electron chi connectivity index (χ2n) is 3.25. The van der Waals surface area contributed by atoms with Crippen molar-refractivity contribution in [3.05, 3.63) is 5.82 Å². The van der Waals surface area contributed by atoms with Gasteiger partial charge in [-0.1, -0.05) is 6.92 Å². The van der Waals surface area contributed by atoms with E-state index >= 15 is 0 Å². The van der Waals surface area contributed by atoms with Crippen molar-refractivity contribution in [1.29, 1.82) is 0 Å². The van der Waals surface area contributed by atoms with Crippen LogP contribution in [0.1, 0.15) is 24.0 Å². The summed E-state index contributed by atoms with van der Waals surface area (Å²) in [7, 11) is 1.50. The van der Waals surface area contributed by atoms with Crippen LogP contribution in [0.5, 0.6) is 0 Å². The minimum Gasteiger partial charge on any atom is -0.355 e. The summed E-state index contributed by atoms with van der Waals surface area (Å²) in [4.78, 5) is 24.1. The molecule has 0 aliphatic heterocycles. The van der Waals surface area contributed by atoms with Gasteiger partial charge >= 0.3 is 0 Å². The second-order valence-corrected chi connectivity index (χ2v) is 3.25. The van der Waals surface area contributed by atoms with E-state index < -0.39 is 5.91 Å². The Labute approximate surface area is 92.4 Å². The summed E-state index contributed by atoms with van der Waals surface area (Å²) in [6, 6.07) is 0. The fourth-order valence-electron chi connectivity index (χ4n) is 1.03. The molecule has 0 fully saturated rings. The van der Waals surface area contributed by atoms with E-state index in [0.29, 0.717) is 6.54 Å². The molecule has 0 unspecified atom stereocenters. The Kier molecular flexibility index (Phi) is 4.37. The van der Waals surface area contributed by atoms with Crippen LogP contribution >= 0.6 is 0 Å². The molecule has 2 N–H and O–H groups in total. The number of aromatic nitrogens is 4. The number of hydrogen-bond donors (Lipinski definition) is 2. The van der Waals surface area contributed by atoms with Crippen molar-refractivity contribution in [2.24, 2.45) is 0 Å². The highest BCUT2D eigenvalue weighted by Gasteiger charge is 2.18. The fraction of sp³-hybridized carbons (Fsp3) is 0.625. The Morgan fingerprint density at radius 2 is 2.25 bits per heavy atom. The molecule has 1 aromatic heterocycles. The zero-order valence-corrected chi connectivity index (χ0v) is 9.23. The smallest absolute Gasteiger partial charge is 0.295 e. The van der Waals surface area contributed by atoms with Crippen molar-refractivity contribution < 1.29 is 9.59 Å². The van der Waals surface area contributed by atoms with Crippen LogP contribution < -0.4 is 5.32 Å². The number of amides is 2. The zero-order valence-electron chi connectivity index (χ0n) is 9.23. The van der Waals surface area contributed by atoms with E-state index in [1.807, 2.05) is 6.92 Å². The predicted octanol–water partition coefficient (Wildman–Crippen LogP) is -1.20. The molecule has 16 heavy (non-hydrogen) atoms. The predicted molar refractivity (Wildman–Crippen MR) is 54.4 cm³/mol. The lowest BCUT2D eigenvalue weighted by Crippen LogP contribution is -2.38. The number of hydrogen-bond acceptors (Lipinski definition) is 5. The number of aromatic amines is 1. The SMILES string of the molecule is CCCNC(=O)CN(C)C(=O)c1nn[nH]n1. The molecule has 0 saturated heterocycles. The van der Waals surface area contributed by atoms with Crippen LogP contribution in [-0.2, 0) is 4.79 Å². The lowest BCUT2D eigenvalue weighted by atomic mass is 10.4. The maximum atomic E-state index is 11.6. The molecular formula is C8H14N6O2. The van der Waals surface area contributed by atoms with Gasteiger partial charge in [-0.05, 0) is 11.6 Å².